The van der Waals surface area contributed by atoms with Gasteiger partial charge in [-0.1, -0.05) is 173 Å². The smallest absolute Gasteiger partial charge is 0.457 e. The van der Waals surface area contributed by atoms with Crippen LogP contribution in [0.4, 0.5) is 0 Å². The molecule has 0 aromatic carbocycles. The lowest BCUT2D eigenvalue weighted by Crippen LogP contribution is -2.29. The van der Waals surface area contributed by atoms with Crippen LogP contribution in [0, 0.1) is 0 Å². The molecule has 53 heavy (non-hydrogen) atoms. The van der Waals surface area contributed by atoms with Gasteiger partial charge in [0.15, 0.2) is 0 Å². The highest BCUT2D eigenvalue weighted by Crippen LogP contribution is 2.43. The molecule has 0 heterocycles. The number of esters is 1. The fraction of sp³-hybridized carbons (Fsp3) is 0.884. The minimum Gasteiger partial charge on any atom is -0.457 e. The van der Waals surface area contributed by atoms with Crippen molar-refractivity contribution < 1.29 is 43.0 Å². The molecule has 0 spiro atoms. The Morgan fingerprint density at radius 1 is 0.585 bits per heavy atom. The monoisotopic (exact) mass is 775 g/mol. The minimum atomic E-state index is -4.51. The lowest BCUT2D eigenvalue weighted by molar-refractivity contribution is -0.154. The second-order valence-corrected chi connectivity index (χ2v) is 16.2. The van der Waals surface area contributed by atoms with E-state index in [0.717, 1.165) is 51.4 Å². The summed E-state index contributed by atoms with van der Waals surface area (Å²) >= 11 is 0. The average Bonchev–Trinajstić information content (AvgIpc) is 3.15. The minimum absolute atomic E-state index is 0.0501. The number of ether oxygens (including phenoxy) is 2. The molecule has 0 saturated carbocycles. The van der Waals surface area contributed by atoms with Crippen LogP contribution in [0.15, 0.2) is 24.3 Å². The third-order valence-electron chi connectivity index (χ3n) is 9.39. The summed E-state index contributed by atoms with van der Waals surface area (Å²) < 4.78 is 33.4. The summed E-state index contributed by atoms with van der Waals surface area (Å²) in [4.78, 5) is 22.6. The van der Waals surface area contributed by atoms with Crippen molar-refractivity contribution in [1.82, 2.24) is 0 Å². The van der Waals surface area contributed by atoms with E-state index < -0.39 is 33.2 Å². The maximum absolute atomic E-state index is 12.6. The van der Waals surface area contributed by atoms with E-state index in [1.165, 1.54) is 128 Å². The van der Waals surface area contributed by atoms with Crippen LogP contribution < -0.4 is 0 Å². The Kier molecular flexibility index (Phi) is 39.8. The van der Waals surface area contributed by atoms with E-state index in [4.69, 9.17) is 23.6 Å². The van der Waals surface area contributed by atoms with Gasteiger partial charge in [-0.05, 0) is 44.9 Å². The van der Waals surface area contributed by atoms with Gasteiger partial charge in [0.05, 0.1) is 26.4 Å². The largest absolute Gasteiger partial charge is 0.472 e. The zero-order valence-electron chi connectivity index (χ0n) is 34.2. The molecule has 0 rings (SSSR count). The summed E-state index contributed by atoms with van der Waals surface area (Å²) in [5.41, 5.74) is 0. The second kappa shape index (κ2) is 40.6. The molecule has 314 valence electrons. The molecule has 3 N–H and O–H groups in total. The van der Waals surface area contributed by atoms with Crippen molar-refractivity contribution in [3.05, 3.63) is 24.3 Å². The van der Waals surface area contributed by atoms with E-state index in [9.17, 15) is 19.4 Å². The summed E-state index contributed by atoms with van der Waals surface area (Å²) in [6.45, 7) is 3.52. The highest BCUT2D eigenvalue weighted by molar-refractivity contribution is 7.47. The Bertz CT molecular complexity index is 882. The SMILES string of the molecule is CCCCCC/C=C\C/C=C\CCCCCCCCCC(=O)OC(COCCCCCCCCCCCCCCCC)COP(=O)(O)OCC(O)CO. The Labute approximate surface area is 325 Å². The molecule has 9 nitrogen and oxygen atoms in total. The number of phosphoric acid groups is 1. The Hall–Kier alpha value is -1.06. The van der Waals surface area contributed by atoms with Crippen molar-refractivity contribution in [2.75, 3.05) is 33.0 Å². The number of hydrogen-bond acceptors (Lipinski definition) is 8. The molecule has 3 unspecified atom stereocenters. The normalized spacial score (nSPS) is 14.3. The number of rotatable bonds is 42. The third-order valence-corrected chi connectivity index (χ3v) is 10.3. The van der Waals surface area contributed by atoms with Crippen LogP contribution in [0.2, 0.25) is 0 Å². The van der Waals surface area contributed by atoms with Gasteiger partial charge in [0.1, 0.15) is 12.2 Å². The third kappa shape index (κ3) is 40.4. The van der Waals surface area contributed by atoms with E-state index in [1.807, 2.05) is 0 Å². The predicted octanol–water partition coefficient (Wildman–Crippen LogP) is 11.9. The number of phosphoric ester groups is 1. The Morgan fingerprint density at radius 2 is 1.02 bits per heavy atom. The van der Waals surface area contributed by atoms with E-state index in [2.05, 4.69) is 38.2 Å². The maximum atomic E-state index is 12.6. The van der Waals surface area contributed by atoms with Crippen molar-refractivity contribution >= 4 is 13.8 Å². The summed E-state index contributed by atoms with van der Waals surface area (Å²) in [5.74, 6) is -0.388. The van der Waals surface area contributed by atoms with Crippen LogP contribution in [0.25, 0.3) is 0 Å². The molecular formula is C43H83O9P. The summed E-state index contributed by atoms with van der Waals surface area (Å²) in [5, 5.41) is 18.3. The molecule has 0 fully saturated rings. The lowest BCUT2D eigenvalue weighted by atomic mass is 10.0. The topological polar surface area (TPSA) is 132 Å². The quantitative estimate of drug-likeness (QED) is 0.0240. The first kappa shape index (κ1) is 51.9. The van der Waals surface area contributed by atoms with Gasteiger partial charge in [-0.15, -0.1) is 0 Å². The molecule has 0 aliphatic heterocycles. The number of aliphatic hydroxyl groups excluding tert-OH is 2. The van der Waals surface area contributed by atoms with Crippen molar-refractivity contribution in [3.63, 3.8) is 0 Å². The highest BCUT2D eigenvalue weighted by atomic mass is 31.2. The van der Waals surface area contributed by atoms with Crippen molar-refractivity contribution in [2.45, 2.75) is 212 Å². The molecule has 0 aliphatic rings. The van der Waals surface area contributed by atoms with Gasteiger partial charge < -0.3 is 24.6 Å². The molecule has 0 aromatic rings. The van der Waals surface area contributed by atoms with Crippen LogP contribution in [0.5, 0.6) is 0 Å². The van der Waals surface area contributed by atoms with Crippen molar-refractivity contribution in [3.8, 4) is 0 Å². The van der Waals surface area contributed by atoms with E-state index in [1.54, 1.807) is 0 Å². The first-order valence-corrected chi connectivity index (χ1v) is 23.3. The second-order valence-electron chi connectivity index (χ2n) is 14.7. The first-order chi connectivity index (χ1) is 25.8. The lowest BCUT2D eigenvalue weighted by Gasteiger charge is -2.20. The number of carbonyl (C=O) groups is 1. The maximum Gasteiger partial charge on any atom is 0.472 e. The molecule has 0 bridgehead atoms. The van der Waals surface area contributed by atoms with Gasteiger partial charge in [-0.25, -0.2) is 4.57 Å². The number of allylic oxidation sites excluding steroid dienone is 4. The van der Waals surface area contributed by atoms with Gasteiger partial charge >= 0.3 is 13.8 Å². The van der Waals surface area contributed by atoms with Crippen LogP contribution in [-0.2, 0) is 27.9 Å². The number of aliphatic hydroxyl groups is 2. The molecule has 10 heteroatoms. The predicted molar refractivity (Wildman–Crippen MR) is 219 cm³/mol. The fourth-order valence-corrected chi connectivity index (χ4v) is 6.82. The number of carbonyl (C=O) groups excluding carboxylic acids is 1. The Balaban J connectivity index is 4.16. The molecule has 0 aromatic heterocycles. The summed E-state index contributed by atoms with van der Waals surface area (Å²) in [6.07, 6.45) is 41.3. The van der Waals surface area contributed by atoms with Gasteiger partial charge in [0.25, 0.3) is 0 Å². The van der Waals surface area contributed by atoms with Crippen LogP contribution in [0.1, 0.15) is 200 Å². The zero-order chi connectivity index (χ0) is 38.9. The van der Waals surface area contributed by atoms with Crippen molar-refractivity contribution in [2.24, 2.45) is 0 Å². The first-order valence-electron chi connectivity index (χ1n) is 21.8. The fourth-order valence-electron chi connectivity index (χ4n) is 6.03. The highest BCUT2D eigenvalue weighted by Gasteiger charge is 2.26. The molecule has 3 atom stereocenters. The van der Waals surface area contributed by atoms with Crippen LogP contribution in [0.3, 0.4) is 0 Å². The van der Waals surface area contributed by atoms with Gasteiger partial charge in [0, 0.05) is 13.0 Å². The van der Waals surface area contributed by atoms with E-state index in [0.29, 0.717) is 6.61 Å². The molecular weight excluding hydrogens is 691 g/mol. The zero-order valence-corrected chi connectivity index (χ0v) is 35.1. The average molecular weight is 775 g/mol. The standard InChI is InChI=1S/C43H83O9P/c1-3-5-7-9-11-13-15-17-19-20-21-22-23-25-27-29-31-33-35-43(46)52-42(40-51-53(47,48)50-38-41(45)37-44)39-49-36-34-32-30-28-26-24-18-16-14-12-10-8-6-4-2/h13,15,19-20,41-42,44-45H,3-12,14,16-18,21-40H2,1-2H3,(H,47,48)/b15-13-,20-19-. The number of unbranched alkanes of at least 4 members (excludes halogenated alkanes) is 24. The van der Waals surface area contributed by atoms with Gasteiger partial charge in [-0.2, -0.15) is 0 Å². The molecule has 0 saturated heterocycles. The number of hydrogen-bond donors (Lipinski definition) is 3. The van der Waals surface area contributed by atoms with Gasteiger partial charge in [0.2, 0.25) is 0 Å². The molecule has 0 radical (unpaired) electrons. The molecule has 0 amide bonds. The van der Waals surface area contributed by atoms with Crippen molar-refractivity contribution in [1.29, 1.82) is 0 Å². The molecule has 0 aliphatic carbocycles. The van der Waals surface area contributed by atoms with E-state index >= 15 is 0 Å². The summed E-state index contributed by atoms with van der Waals surface area (Å²) in [6, 6.07) is 0. The van der Waals surface area contributed by atoms with E-state index in [-0.39, 0.29) is 25.6 Å². The van der Waals surface area contributed by atoms with Gasteiger partial charge in [-0.3, -0.25) is 13.8 Å². The summed E-state index contributed by atoms with van der Waals surface area (Å²) in [7, 11) is -4.51. The van der Waals surface area contributed by atoms with Crippen LogP contribution >= 0.6 is 7.82 Å². The van der Waals surface area contributed by atoms with Crippen LogP contribution in [-0.4, -0.2) is 66.3 Å². The Morgan fingerprint density at radius 3 is 1.53 bits per heavy atom.